The number of halogens is 2. The summed E-state index contributed by atoms with van der Waals surface area (Å²) in [7, 11) is 0. The Hall–Kier alpha value is -2.07. The van der Waals surface area contributed by atoms with E-state index in [1.165, 1.54) is 17.4 Å². The molecule has 3 aromatic rings. The number of ketones is 1. The van der Waals surface area contributed by atoms with Crippen molar-refractivity contribution in [3.63, 3.8) is 0 Å². The van der Waals surface area contributed by atoms with Gasteiger partial charge in [-0.2, -0.15) is 0 Å². The fourth-order valence-electron chi connectivity index (χ4n) is 2.07. The molecular weight excluding hydrogens is 278 g/mol. The molecule has 1 heterocycles. The molecule has 0 aliphatic carbocycles. The molecule has 100 valence electrons. The third kappa shape index (κ3) is 2.34. The molecule has 0 aliphatic rings. The van der Waals surface area contributed by atoms with Gasteiger partial charge in [-0.05, 0) is 29.7 Å². The molecule has 0 bridgehead atoms. The minimum atomic E-state index is -0.681. The highest BCUT2D eigenvalue weighted by molar-refractivity contribution is 7.20. The van der Waals surface area contributed by atoms with Crippen molar-refractivity contribution in [2.75, 3.05) is 0 Å². The fraction of sp³-hybridized carbons (Fsp3) is 0.0625. The van der Waals surface area contributed by atoms with Crippen LogP contribution < -0.4 is 0 Å². The average Bonchev–Trinajstić information content (AvgIpc) is 2.87. The Labute approximate surface area is 118 Å². The van der Waals surface area contributed by atoms with Gasteiger partial charge in [-0.25, -0.2) is 8.78 Å². The van der Waals surface area contributed by atoms with Crippen molar-refractivity contribution >= 4 is 27.2 Å². The highest BCUT2D eigenvalue weighted by atomic mass is 32.1. The second-order valence-corrected chi connectivity index (χ2v) is 5.53. The molecule has 0 spiro atoms. The molecule has 0 fully saturated rings. The van der Waals surface area contributed by atoms with E-state index >= 15 is 0 Å². The first-order chi connectivity index (χ1) is 9.65. The number of benzene rings is 2. The van der Waals surface area contributed by atoms with E-state index in [0.29, 0.717) is 4.88 Å². The molecule has 0 atom stereocenters. The van der Waals surface area contributed by atoms with Crippen molar-refractivity contribution in [2.45, 2.75) is 6.42 Å². The van der Waals surface area contributed by atoms with Crippen LogP contribution in [0.3, 0.4) is 0 Å². The molecule has 0 N–H and O–H groups in total. The van der Waals surface area contributed by atoms with Crippen LogP contribution in [-0.2, 0) is 6.42 Å². The molecule has 0 saturated carbocycles. The normalized spacial score (nSPS) is 10.9. The topological polar surface area (TPSA) is 17.1 Å². The van der Waals surface area contributed by atoms with Gasteiger partial charge in [-0.15, -0.1) is 11.3 Å². The van der Waals surface area contributed by atoms with Crippen molar-refractivity contribution in [3.05, 3.63) is 70.6 Å². The molecule has 0 unspecified atom stereocenters. The second kappa shape index (κ2) is 5.13. The van der Waals surface area contributed by atoms with Gasteiger partial charge in [0.05, 0.1) is 4.88 Å². The summed E-state index contributed by atoms with van der Waals surface area (Å²) in [5, 5.41) is 0.967. The number of fused-ring (bicyclic) bond motifs is 1. The molecule has 0 radical (unpaired) electrons. The van der Waals surface area contributed by atoms with Gasteiger partial charge >= 0.3 is 0 Å². The maximum atomic E-state index is 13.5. The van der Waals surface area contributed by atoms with Crippen LogP contribution in [-0.4, -0.2) is 5.78 Å². The van der Waals surface area contributed by atoms with Crippen LogP contribution in [0.2, 0.25) is 0 Å². The molecule has 0 aliphatic heterocycles. The van der Waals surface area contributed by atoms with E-state index < -0.39 is 11.6 Å². The molecule has 2 aromatic carbocycles. The maximum Gasteiger partial charge on any atom is 0.177 e. The van der Waals surface area contributed by atoms with Gasteiger partial charge in [0.15, 0.2) is 5.78 Å². The number of hydrogen-bond donors (Lipinski definition) is 0. The van der Waals surface area contributed by atoms with Crippen LogP contribution >= 0.6 is 11.3 Å². The molecule has 0 amide bonds. The lowest BCUT2D eigenvalue weighted by molar-refractivity contribution is 0.0994. The molecule has 1 aromatic heterocycles. The van der Waals surface area contributed by atoms with Crippen LogP contribution in [0, 0.1) is 11.6 Å². The zero-order valence-corrected chi connectivity index (χ0v) is 11.2. The Kier molecular flexibility index (Phi) is 3.32. The fourth-order valence-corrected chi connectivity index (χ4v) is 3.07. The Morgan fingerprint density at radius 3 is 2.40 bits per heavy atom. The Morgan fingerprint density at radius 1 is 1.00 bits per heavy atom. The van der Waals surface area contributed by atoms with Crippen molar-refractivity contribution < 1.29 is 13.6 Å². The number of Topliss-reactive ketones (excluding diaryl/α,β-unsaturated/α-hetero) is 1. The lowest BCUT2D eigenvalue weighted by Crippen LogP contribution is -2.05. The van der Waals surface area contributed by atoms with Gasteiger partial charge in [0.1, 0.15) is 11.6 Å². The van der Waals surface area contributed by atoms with Crippen molar-refractivity contribution in [1.29, 1.82) is 0 Å². The maximum absolute atomic E-state index is 13.5. The van der Waals surface area contributed by atoms with Crippen LogP contribution in [0.25, 0.3) is 10.1 Å². The average molecular weight is 288 g/mol. The number of carbonyl (C=O) groups is 1. The van der Waals surface area contributed by atoms with Gasteiger partial charge < -0.3 is 0 Å². The quantitative estimate of drug-likeness (QED) is 0.643. The SMILES string of the molecule is O=C(Cc1c(F)cccc1F)c1cc2ccccc2s1. The van der Waals surface area contributed by atoms with Gasteiger partial charge in [-0.1, -0.05) is 24.3 Å². The van der Waals surface area contributed by atoms with Crippen LogP contribution in [0.15, 0.2) is 48.5 Å². The molecule has 1 nitrogen and oxygen atoms in total. The second-order valence-electron chi connectivity index (χ2n) is 4.45. The molecule has 3 rings (SSSR count). The summed E-state index contributed by atoms with van der Waals surface area (Å²) in [4.78, 5) is 12.7. The molecule has 0 saturated heterocycles. The van der Waals surface area contributed by atoms with Crippen molar-refractivity contribution in [2.24, 2.45) is 0 Å². The Balaban J connectivity index is 1.93. The third-order valence-corrected chi connectivity index (χ3v) is 4.26. The van der Waals surface area contributed by atoms with Gasteiger partial charge in [-0.3, -0.25) is 4.79 Å². The minimum Gasteiger partial charge on any atom is -0.293 e. The molecular formula is C16H10F2OS. The van der Waals surface area contributed by atoms with Gasteiger partial charge in [0.25, 0.3) is 0 Å². The van der Waals surface area contributed by atoms with E-state index in [4.69, 9.17) is 0 Å². The van der Waals surface area contributed by atoms with Crippen LogP contribution in [0.5, 0.6) is 0 Å². The number of rotatable bonds is 3. The van der Waals surface area contributed by atoms with Crippen LogP contribution in [0.1, 0.15) is 15.2 Å². The Morgan fingerprint density at radius 2 is 1.70 bits per heavy atom. The summed E-state index contributed by atoms with van der Waals surface area (Å²) in [6.07, 6.45) is -0.259. The van der Waals surface area contributed by atoms with Crippen molar-refractivity contribution in [3.8, 4) is 0 Å². The predicted molar refractivity (Wildman–Crippen MR) is 76.2 cm³/mol. The van der Waals surface area contributed by atoms with E-state index in [2.05, 4.69) is 0 Å². The van der Waals surface area contributed by atoms with E-state index in [-0.39, 0.29) is 17.8 Å². The van der Waals surface area contributed by atoms with E-state index in [1.807, 2.05) is 24.3 Å². The van der Waals surface area contributed by atoms with E-state index in [9.17, 15) is 13.6 Å². The minimum absolute atomic E-state index is 0.171. The van der Waals surface area contributed by atoms with Crippen LogP contribution in [0.4, 0.5) is 8.78 Å². The van der Waals surface area contributed by atoms with E-state index in [0.717, 1.165) is 22.2 Å². The number of hydrogen-bond acceptors (Lipinski definition) is 2. The Bertz CT molecular complexity index is 739. The lowest BCUT2D eigenvalue weighted by Gasteiger charge is -2.02. The monoisotopic (exact) mass is 288 g/mol. The van der Waals surface area contributed by atoms with E-state index in [1.54, 1.807) is 6.07 Å². The zero-order valence-electron chi connectivity index (χ0n) is 10.4. The predicted octanol–water partition coefficient (Wildman–Crippen LogP) is 4.60. The standard InChI is InChI=1S/C16H10F2OS/c17-12-5-3-6-13(18)11(12)9-14(19)16-8-10-4-1-2-7-15(10)20-16/h1-8H,9H2. The van der Waals surface area contributed by atoms with Crippen molar-refractivity contribution in [1.82, 2.24) is 0 Å². The molecule has 4 heteroatoms. The number of thiophene rings is 1. The number of carbonyl (C=O) groups excluding carboxylic acids is 1. The summed E-state index contributed by atoms with van der Waals surface area (Å²) >= 11 is 1.34. The summed E-state index contributed by atoms with van der Waals surface area (Å²) in [5.74, 6) is -1.63. The highest BCUT2D eigenvalue weighted by Crippen LogP contribution is 2.27. The summed E-state index contributed by atoms with van der Waals surface area (Å²) in [6, 6.07) is 13.0. The van der Waals surface area contributed by atoms with Gasteiger partial charge in [0, 0.05) is 16.7 Å². The first-order valence-electron chi connectivity index (χ1n) is 6.10. The zero-order chi connectivity index (χ0) is 14.1. The van der Waals surface area contributed by atoms with Gasteiger partial charge in [0.2, 0.25) is 0 Å². The third-order valence-electron chi connectivity index (χ3n) is 3.10. The smallest absolute Gasteiger partial charge is 0.177 e. The first-order valence-corrected chi connectivity index (χ1v) is 6.91. The largest absolute Gasteiger partial charge is 0.293 e. The molecule has 20 heavy (non-hydrogen) atoms. The first kappa shape index (κ1) is 12.9. The lowest BCUT2D eigenvalue weighted by atomic mass is 10.1. The summed E-state index contributed by atoms with van der Waals surface area (Å²) in [5.41, 5.74) is -0.171. The highest BCUT2D eigenvalue weighted by Gasteiger charge is 2.16. The summed E-state index contributed by atoms with van der Waals surface area (Å²) < 4.78 is 28.1. The summed E-state index contributed by atoms with van der Waals surface area (Å²) in [6.45, 7) is 0.